The topological polar surface area (TPSA) is 95.5 Å². The number of nitrogens with zero attached hydrogens (tertiary/aromatic N) is 2. The van der Waals surface area contributed by atoms with E-state index in [1.165, 1.54) is 25.3 Å². The Morgan fingerprint density at radius 1 is 1.37 bits per heavy atom. The summed E-state index contributed by atoms with van der Waals surface area (Å²) >= 11 is 9.42. The van der Waals surface area contributed by atoms with Crippen molar-refractivity contribution in [3.63, 3.8) is 0 Å². The average molecular weight is 494 g/mol. The van der Waals surface area contributed by atoms with E-state index in [1.807, 2.05) is 31.2 Å². The van der Waals surface area contributed by atoms with Gasteiger partial charge in [0.25, 0.3) is 5.69 Å². The van der Waals surface area contributed by atoms with Crippen LogP contribution in [0.25, 0.3) is 11.1 Å². The lowest BCUT2D eigenvalue weighted by atomic mass is 9.84. The molecule has 9 heteroatoms. The number of aromatic nitrogens is 1. The summed E-state index contributed by atoms with van der Waals surface area (Å²) in [6.07, 6.45) is 3.67. The molecule has 0 fully saturated rings. The van der Waals surface area contributed by atoms with Gasteiger partial charge >= 0.3 is 5.97 Å². The van der Waals surface area contributed by atoms with E-state index in [2.05, 4.69) is 25.7 Å². The number of halogens is 2. The molecule has 30 heavy (non-hydrogen) atoms. The van der Waals surface area contributed by atoms with Gasteiger partial charge in [0, 0.05) is 16.5 Å². The van der Waals surface area contributed by atoms with Gasteiger partial charge in [-0.2, -0.15) is 0 Å². The molecule has 0 aliphatic heterocycles. The van der Waals surface area contributed by atoms with Gasteiger partial charge in [0.2, 0.25) is 0 Å². The van der Waals surface area contributed by atoms with E-state index >= 15 is 0 Å². The van der Waals surface area contributed by atoms with E-state index in [4.69, 9.17) is 16.0 Å². The molecule has 2 atom stereocenters. The summed E-state index contributed by atoms with van der Waals surface area (Å²) in [7, 11) is 1.32. The van der Waals surface area contributed by atoms with Crippen molar-refractivity contribution in [1.29, 1.82) is 0 Å². The summed E-state index contributed by atoms with van der Waals surface area (Å²) in [5.74, 6) is -0.238. The molecule has 0 spiro atoms. The minimum atomic E-state index is -0.560. The van der Waals surface area contributed by atoms with Gasteiger partial charge in [-0.05, 0) is 36.1 Å². The van der Waals surface area contributed by atoms with Crippen molar-refractivity contribution in [2.24, 2.45) is 0 Å². The zero-order valence-corrected chi connectivity index (χ0v) is 18.5. The lowest BCUT2D eigenvalue weighted by Crippen LogP contribution is -2.09. The van der Waals surface area contributed by atoms with Gasteiger partial charge in [0.1, 0.15) is 10.5 Å². The second-order valence-electron chi connectivity index (χ2n) is 6.69. The minimum absolute atomic E-state index is 0.00507. The molecule has 156 valence electrons. The molecule has 2 aromatic carbocycles. The molecule has 0 amide bonds. The molecule has 1 aromatic heterocycles. The molecule has 1 heterocycles. The maximum absolute atomic E-state index is 11.4. The zero-order chi connectivity index (χ0) is 21.8. The Kier molecular flexibility index (Phi) is 6.89. The van der Waals surface area contributed by atoms with Crippen LogP contribution in [0.1, 0.15) is 36.6 Å². The number of nitro benzene ring substituents is 1. The first-order valence-corrected chi connectivity index (χ1v) is 10.2. The van der Waals surface area contributed by atoms with E-state index < -0.39 is 10.9 Å². The summed E-state index contributed by atoms with van der Waals surface area (Å²) in [5, 5.41) is 11.1. The van der Waals surface area contributed by atoms with Gasteiger partial charge in [-0.25, -0.2) is 9.78 Å². The van der Waals surface area contributed by atoms with Crippen molar-refractivity contribution in [3.8, 4) is 0 Å². The Morgan fingerprint density at radius 3 is 2.70 bits per heavy atom. The summed E-state index contributed by atoms with van der Waals surface area (Å²) < 4.78 is 11.5. The van der Waals surface area contributed by atoms with Crippen LogP contribution in [-0.2, 0) is 9.53 Å². The molecule has 0 bridgehead atoms. The number of carbonyl (C=O) groups is 1. The Bertz CT molecular complexity index is 1110. The first-order chi connectivity index (χ1) is 14.3. The van der Waals surface area contributed by atoms with E-state index in [9.17, 15) is 14.9 Å². The monoisotopic (exact) mass is 492 g/mol. The van der Waals surface area contributed by atoms with E-state index in [0.29, 0.717) is 23.4 Å². The molecule has 0 N–H and O–H groups in total. The van der Waals surface area contributed by atoms with Crippen LogP contribution in [0.2, 0.25) is 5.02 Å². The second kappa shape index (κ2) is 9.40. The SMILES string of the molecule is COC(=O)/C=C/C[C@@H](c1ccc(Br)cc1)C(C)c1nc2cc(Cl)c([N+](=O)[O-])cc2o1. The summed E-state index contributed by atoms with van der Waals surface area (Å²) in [6, 6.07) is 10.6. The Morgan fingerprint density at radius 2 is 2.07 bits per heavy atom. The molecule has 3 aromatic rings. The predicted octanol–water partition coefficient (Wildman–Crippen LogP) is 6.16. The average Bonchev–Trinajstić information content (AvgIpc) is 3.13. The molecule has 0 aliphatic carbocycles. The fourth-order valence-electron chi connectivity index (χ4n) is 3.18. The third-order valence-corrected chi connectivity index (χ3v) is 5.64. The third-order valence-electron chi connectivity index (χ3n) is 4.81. The van der Waals surface area contributed by atoms with Gasteiger partial charge in [-0.15, -0.1) is 0 Å². The maximum atomic E-state index is 11.4. The Balaban J connectivity index is 1.97. The smallest absolute Gasteiger partial charge is 0.330 e. The normalized spacial score (nSPS) is 13.5. The summed E-state index contributed by atoms with van der Waals surface area (Å²) in [6.45, 7) is 1.96. The molecule has 3 rings (SSSR count). The summed E-state index contributed by atoms with van der Waals surface area (Å²) in [5.41, 5.74) is 1.55. The first kappa shape index (κ1) is 22.0. The van der Waals surface area contributed by atoms with Crippen LogP contribution < -0.4 is 0 Å². The molecule has 0 saturated carbocycles. The van der Waals surface area contributed by atoms with Crippen molar-refractivity contribution >= 4 is 50.3 Å². The second-order valence-corrected chi connectivity index (χ2v) is 8.01. The molecule has 7 nitrogen and oxygen atoms in total. The number of rotatable bonds is 7. The minimum Gasteiger partial charge on any atom is -0.466 e. The zero-order valence-electron chi connectivity index (χ0n) is 16.2. The number of hydrogen-bond acceptors (Lipinski definition) is 6. The van der Waals surface area contributed by atoms with Gasteiger partial charge in [0.05, 0.1) is 18.1 Å². The van der Waals surface area contributed by atoms with Gasteiger partial charge < -0.3 is 9.15 Å². The number of fused-ring (bicyclic) bond motifs is 1. The van der Waals surface area contributed by atoms with E-state index in [0.717, 1.165) is 10.0 Å². The Hall–Kier alpha value is -2.71. The first-order valence-electron chi connectivity index (χ1n) is 9.04. The Labute approximate surface area is 186 Å². The van der Waals surface area contributed by atoms with Crippen LogP contribution in [0, 0.1) is 10.1 Å². The number of methoxy groups -OCH3 is 1. The van der Waals surface area contributed by atoms with E-state index in [1.54, 1.807) is 6.08 Å². The third kappa shape index (κ3) is 4.88. The highest BCUT2D eigenvalue weighted by atomic mass is 79.9. The molecule has 1 unspecified atom stereocenters. The number of esters is 1. The lowest BCUT2D eigenvalue weighted by molar-refractivity contribution is -0.384. The maximum Gasteiger partial charge on any atom is 0.330 e. The molecule has 0 saturated heterocycles. The standard InChI is InChI=1S/C21H18BrClN2O5/c1-12(21-24-17-10-16(23)18(25(27)28)11-19(17)30-21)15(4-3-5-20(26)29-2)13-6-8-14(22)9-7-13/h3,5-12,15H,4H2,1-2H3/b5-3+/t12?,15-/m1/s1. The quantitative estimate of drug-likeness (QED) is 0.169. The van der Waals surface area contributed by atoms with Gasteiger partial charge in [-0.1, -0.05) is 52.7 Å². The number of benzene rings is 2. The molecular weight excluding hydrogens is 476 g/mol. The van der Waals surface area contributed by atoms with Gasteiger partial charge in [0.15, 0.2) is 11.5 Å². The van der Waals surface area contributed by atoms with Crippen LogP contribution in [0.3, 0.4) is 0 Å². The number of allylic oxidation sites excluding steroid dienone is 1. The van der Waals surface area contributed by atoms with Gasteiger partial charge in [-0.3, -0.25) is 10.1 Å². The van der Waals surface area contributed by atoms with Crippen molar-refractivity contribution in [2.75, 3.05) is 7.11 Å². The molecule has 0 radical (unpaired) electrons. The van der Waals surface area contributed by atoms with Crippen LogP contribution in [0.15, 0.2) is 57.4 Å². The summed E-state index contributed by atoms with van der Waals surface area (Å²) in [4.78, 5) is 26.5. The molecule has 0 aliphatic rings. The highest BCUT2D eigenvalue weighted by molar-refractivity contribution is 9.10. The van der Waals surface area contributed by atoms with E-state index in [-0.39, 0.29) is 22.5 Å². The fraction of sp³-hybridized carbons (Fsp3) is 0.238. The highest BCUT2D eigenvalue weighted by Crippen LogP contribution is 2.38. The lowest BCUT2D eigenvalue weighted by Gasteiger charge is -2.21. The number of nitro groups is 1. The number of ether oxygens (including phenoxy) is 1. The highest BCUT2D eigenvalue weighted by Gasteiger charge is 2.26. The van der Waals surface area contributed by atoms with Crippen molar-refractivity contribution < 1.29 is 18.9 Å². The largest absolute Gasteiger partial charge is 0.466 e. The van der Waals surface area contributed by atoms with Crippen LogP contribution in [-0.4, -0.2) is 23.0 Å². The van der Waals surface area contributed by atoms with Crippen molar-refractivity contribution in [1.82, 2.24) is 4.98 Å². The van der Waals surface area contributed by atoms with Crippen molar-refractivity contribution in [2.45, 2.75) is 25.2 Å². The molecular formula is C21H18BrClN2O5. The number of hydrogen-bond donors (Lipinski definition) is 0. The fourth-order valence-corrected chi connectivity index (χ4v) is 3.67. The predicted molar refractivity (Wildman–Crippen MR) is 117 cm³/mol. The van der Waals surface area contributed by atoms with Crippen molar-refractivity contribution in [3.05, 3.63) is 79.6 Å². The van der Waals surface area contributed by atoms with Crippen LogP contribution in [0.4, 0.5) is 5.69 Å². The van der Waals surface area contributed by atoms with Crippen LogP contribution >= 0.6 is 27.5 Å². The number of oxazole rings is 1. The van der Waals surface area contributed by atoms with Crippen LogP contribution in [0.5, 0.6) is 0 Å². The number of carbonyl (C=O) groups excluding carboxylic acids is 1.